The van der Waals surface area contributed by atoms with Crippen molar-refractivity contribution in [3.63, 3.8) is 0 Å². The Morgan fingerprint density at radius 3 is 2.62 bits per heavy atom. The first-order valence-electron chi connectivity index (χ1n) is 7.81. The van der Waals surface area contributed by atoms with Crippen LogP contribution < -0.4 is 10.2 Å². The fourth-order valence-electron chi connectivity index (χ4n) is 2.02. The van der Waals surface area contributed by atoms with Gasteiger partial charge in [0.05, 0.1) is 5.71 Å². The molecule has 1 amide bonds. The van der Waals surface area contributed by atoms with Crippen LogP contribution in [0.4, 0.5) is 0 Å². The second kappa shape index (κ2) is 8.67. The van der Waals surface area contributed by atoms with Gasteiger partial charge in [-0.15, -0.1) is 0 Å². The van der Waals surface area contributed by atoms with E-state index in [1.165, 1.54) is 0 Å². The zero-order valence-electron chi connectivity index (χ0n) is 14.2. The molecule has 0 bridgehead atoms. The fourth-order valence-corrected chi connectivity index (χ4v) is 2.02. The van der Waals surface area contributed by atoms with E-state index in [9.17, 15) is 4.79 Å². The Morgan fingerprint density at radius 1 is 1.12 bits per heavy atom. The molecule has 1 N–H and O–H groups in total. The number of nitrogens with zero attached hydrogens (tertiary/aromatic N) is 1. The molecular weight excluding hydrogens is 300 g/mol. The van der Waals surface area contributed by atoms with E-state index in [0.29, 0.717) is 5.71 Å². The SMILES string of the molecule is CC(C=Cc1ccccc1)=NNC(=O)COc1cccc(C)c1C. The normalized spacial score (nSPS) is 11.5. The minimum atomic E-state index is -0.289. The van der Waals surface area contributed by atoms with E-state index in [0.717, 1.165) is 22.4 Å². The van der Waals surface area contributed by atoms with Gasteiger partial charge in [0, 0.05) is 0 Å². The summed E-state index contributed by atoms with van der Waals surface area (Å²) in [6.07, 6.45) is 3.79. The molecule has 4 nitrogen and oxygen atoms in total. The van der Waals surface area contributed by atoms with Gasteiger partial charge in [-0.05, 0) is 49.6 Å². The molecule has 0 unspecified atom stereocenters. The summed E-state index contributed by atoms with van der Waals surface area (Å²) in [5.74, 6) is 0.429. The molecule has 0 fully saturated rings. The molecule has 0 aliphatic heterocycles. The van der Waals surface area contributed by atoms with Crippen LogP contribution in [0.3, 0.4) is 0 Å². The predicted molar refractivity (Wildman–Crippen MR) is 98.1 cm³/mol. The topological polar surface area (TPSA) is 50.7 Å². The summed E-state index contributed by atoms with van der Waals surface area (Å²) in [5.41, 5.74) is 6.45. The van der Waals surface area contributed by atoms with Gasteiger partial charge < -0.3 is 4.74 Å². The van der Waals surface area contributed by atoms with Crippen LogP contribution in [0.1, 0.15) is 23.6 Å². The van der Waals surface area contributed by atoms with Gasteiger partial charge in [-0.2, -0.15) is 5.10 Å². The minimum Gasteiger partial charge on any atom is -0.483 e. The lowest BCUT2D eigenvalue weighted by Gasteiger charge is -2.09. The average molecular weight is 322 g/mol. The lowest BCUT2D eigenvalue weighted by Crippen LogP contribution is -2.25. The van der Waals surface area contributed by atoms with E-state index < -0.39 is 0 Å². The van der Waals surface area contributed by atoms with Crippen LogP contribution in [0.25, 0.3) is 6.08 Å². The molecule has 0 aliphatic rings. The highest BCUT2D eigenvalue weighted by atomic mass is 16.5. The largest absolute Gasteiger partial charge is 0.483 e. The number of hydrogen-bond donors (Lipinski definition) is 1. The Bertz CT molecular complexity index is 749. The average Bonchev–Trinajstić information content (AvgIpc) is 2.60. The smallest absolute Gasteiger partial charge is 0.277 e. The van der Waals surface area contributed by atoms with Crippen molar-refractivity contribution < 1.29 is 9.53 Å². The number of allylic oxidation sites excluding steroid dienone is 1. The molecule has 0 heterocycles. The third kappa shape index (κ3) is 5.39. The first kappa shape index (κ1) is 17.5. The van der Waals surface area contributed by atoms with E-state index in [-0.39, 0.29) is 12.5 Å². The van der Waals surface area contributed by atoms with E-state index in [1.807, 2.05) is 81.5 Å². The quantitative estimate of drug-likeness (QED) is 0.648. The summed E-state index contributed by atoms with van der Waals surface area (Å²) in [7, 11) is 0. The van der Waals surface area contributed by atoms with E-state index >= 15 is 0 Å². The second-order valence-corrected chi connectivity index (χ2v) is 5.52. The molecule has 0 radical (unpaired) electrons. The number of benzene rings is 2. The molecule has 0 aliphatic carbocycles. The number of amides is 1. The van der Waals surface area contributed by atoms with Gasteiger partial charge in [-0.3, -0.25) is 4.79 Å². The molecule has 0 saturated carbocycles. The first-order valence-corrected chi connectivity index (χ1v) is 7.81. The maximum absolute atomic E-state index is 11.8. The molecule has 124 valence electrons. The van der Waals surface area contributed by atoms with Crippen molar-refractivity contribution >= 4 is 17.7 Å². The summed E-state index contributed by atoms with van der Waals surface area (Å²) in [6.45, 7) is 5.74. The van der Waals surface area contributed by atoms with Crippen LogP contribution in [-0.4, -0.2) is 18.2 Å². The summed E-state index contributed by atoms with van der Waals surface area (Å²) < 4.78 is 5.54. The standard InChI is InChI=1S/C20H22N2O2/c1-15-8-7-11-19(17(15)3)24-14-20(23)22-21-16(2)12-13-18-9-5-4-6-10-18/h4-13H,14H2,1-3H3,(H,22,23). The van der Waals surface area contributed by atoms with Crippen molar-refractivity contribution in [1.82, 2.24) is 5.43 Å². The van der Waals surface area contributed by atoms with Crippen LogP contribution in [0.5, 0.6) is 5.75 Å². The second-order valence-electron chi connectivity index (χ2n) is 5.52. The van der Waals surface area contributed by atoms with Crippen LogP contribution in [0.2, 0.25) is 0 Å². The Morgan fingerprint density at radius 2 is 1.88 bits per heavy atom. The summed E-state index contributed by atoms with van der Waals surface area (Å²) in [5, 5.41) is 4.04. The molecule has 24 heavy (non-hydrogen) atoms. The third-order valence-electron chi connectivity index (χ3n) is 3.59. The van der Waals surface area contributed by atoms with Crippen LogP contribution in [0, 0.1) is 13.8 Å². The Balaban J connectivity index is 1.83. The van der Waals surface area contributed by atoms with E-state index in [2.05, 4.69) is 10.5 Å². The zero-order valence-corrected chi connectivity index (χ0v) is 14.2. The van der Waals surface area contributed by atoms with Gasteiger partial charge in [0.15, 0.2) is 6.61 Å². The highest BCUT2D eigenvalue weighted by Gasteiger charge is 2.05. The number of carbonyl (C=O) groups is 1. The summed E-state index contributed by atoms with van der Waals surface area (Å²) >= 11 is 0. The summed E-state index contributed by atoms with van der Waals surface area (Å²) in [4.78, 5) is 11.8. The van der Waals surface area contributed by atoms with Crippen LogP contribution in [-0.2, 0) is 4.79 Å². The van der Waals surface area contributed by atoms with Gasteiger partial charge in [0.2, 0.25) is 0 Å². The number of ether oxygens (including phenoxy) is 1. The predicted octanol–water partition coefficient (Wildman–Crippen LogP) is 3.89. The number of carbonyl (C=O) groups excluding carboxylic acids is 1. The molecule has 4 heteroatoms. The van der Waals surface area contributed by atoms with Crippen molar-refractivity contribution in [3.05, 3.63) is 71.3 Å². The molecule has 2 rings (SSSR count). The fraction of sp³-hybridized carbons (Fsp3) is 0.200. The molecule has 0 saturated heterocycles. The van der Waals surface area contributed by atoms with E-state index in [1.54, 1.807) is 0 Å². The lowest BCUT2D eigenvalue weighted by molar-refractivity contribution is -0.123. The first-order chi connectivity index (χ1) is 11.6. The van der Waals surface area contributed by atoms with Crippen molar-refractivity contribution in [2.45, 2.75) is 20.8 Å². The Kier molecular flexibility index (Phi) is 6.32. The maximum Gasteiger partial charge on any atom is 0.277 e. The van der Waals surface area contributed by atoms with Crippen molar-refractivity contribution in [2.24, 2.45) is 5.10 Å². The Hall–Kier alpha value is -2.88. The minimum absolute atomic E-state index is 0.0660. The molecule has 2 aromatic rings. The lowest BCUT2D eigenvalue weighted by atomic mass is 10.1. The van der Waals surface area contributed by atoms with Crippen molar-refractivity contribution in [2.75, 3.05) is 6.61 Å². The maximum atomic E-state index is 11.8. The Labute approximate surface area is 142 Å². The number of rotatable bonds is 6. The molecule has 0 spiro atoms. The number of hydrazone groups is 1. The van der Waals surface area contributed by atoms with Gasteiger partial charge in [0.1, 0.15) is 5.75 Å². The molecular formula is C20H22N2O2. The van der Waals surface area contributed by atoms with Crippen LogP contribution >= 0.6 is 0 Å². The molecule has 0 atom stereocenters. The summed E-state index contributed by atoms with van der Waals surface area (Å²) in [6, 6.07) is 15.7. The highest BCUT2D eigenvalue weighted by Crippen LogP contribution is 2.20. The number of aryl methyl sites for hydroxylation is 1. The number of hydrogen-bond acceptors (Lipinski definition) is 3. The van der Waals surface area contributed by atoms with Gasteiger partial charge in [-0.25, -0.2) is 5.43 Å². The monoisotopic (exact) mass is 322 g/mol. The van der Waals surface area contributed by atoms with Gasteiger partial charge in [-0.1, -0.05) is 48.5 Å². The van der Waals surface area contributed by atoms with E-state index in [4.69, 9.17) is 4.74 Å². The zero-order chi connectivity index (χ0) is 17.4. The van der Waals surface area contributed by atoms with Crippen LogP contribution in [0.15, 0.2) is 59.7 Å². The third-order valence-corrected chi connectivity index (χ3v) is 3.59. The molecule has 0 aromatic heterocycles. The van der Waals surface area contributed by atoms with Crippen molar-refractivity contribution in [3.8, 4) is 5.75 Å². The van der Waals surface area contributed by atoms with Gasteiger partial charge in [0.25, 0.3) is 5.91 Å². The molecule has 2 aromatic carbocycles. The number of nitrogens with one attached hydrogen (secondary N) is 1. The highest BCUT2D eigenvalue weighted by molar-refractivity contribution is 5.97. The van der Waals surface area contributed by atoms with Gasteiger partial charge >= 0.3 is 0 Å². The van der Waals surface area contributed by atoms with Crippen molar-refractivity contribution in [1.29, 1.82) is 0 Å².